The topological polar surface area (TPSA) is 49.3 Å². The predicted molar refractivity (Wildman–Crippen MR) is 62.4 cm³/mol. The van der Waals surface area contributed by atoms with Crippen LogP contribution in [0.3, 0.4) is 0 Å². The van der Waals surface area contributed by atoms with E-state index in [1.807, 2.05) is 12.1 Å². The van der Waals surface area contributed by atoms with Crippen LogP contribution in [-0.2, 0) is 11.2 Å². The number of rotatable bonds is 3. The van der Waals surface area contributed by atoms with Gasteiger partial charge in [-0.2, -0.15) is 0 Å². The number of hydrogen-bond donors (Lipinski definition) is 2. The monoisotopic (exact) mass is 219 g/mol. The van der Waals surface area contributed by atoms with Crippen LogP contribution in [0, 0.1) is 5.92 Å². The minimum Gasteiger partial charge on any atom is -0.508 e. The van der Waals surface area contributed by atoms with E-state index in [2.05, 4.69) is 5.32 Å². The highest BCUT2D eigenvalue weighted by molar-refractivity contribution is 5.83. The molecular formula is C13H17NO2. The highest BCUT2D eigenvalue weighted by Crippen LogP contribution is 2.16. The van der Waals surface area contributed by atoms with Gasteiger partial charge in [0.1, 0.15) is 11.5 Å². The molecule has 0 spiro atoms. The summed E-state index contributed by atoms with van der Waals surface area (Å²) >= 11 is 0. The number of phenolic OH excluding ortho intramolecular Hbond substituents is 1. The zero-order chi connectivity index (χ0) is 11.4. The summed E-state index contributed by atoms with van der Waals surface area (Å²) in [5.74, 6) is 0.718. The van der Waals surface area contributed by atoms with Gasteiger partial charge in [-0.25, -0.2) is 0 Å². The summed E-state index contributed by atoms with van der Waals surface area (Å²) in [5.41, 5.74) is 0.980. The van der Waals surface area contributed by atoms with Gasteiger partial charge in [0.25, 0.3) is 0 Å². The van der Waals surface area contributed by atoms with Crippen molar-refractivity contribution < 1.29 is 9.90 Å². The molecule has 3 heteroatoms. The average Bonchev–Trinajstić information content (AvgIpc) is 2.33. The predicted octanol–water partition coefficient (Wildman–Crippen LogP) is 1.50. The largest absolute Gasteiger partial charge is 0.508 e. The number of phenols is 1. The van der Waals surface area contributed by atoms with E-state index < -0.39 is 0 Å². The zero-order valence-electron chi connectivity index (χ0n) is 9.28. The number of nitrogens with one attached hydrogen (secondary N) is 1. The number of carbonyl (C=O) groups excluding carboxylic acids is 1. The summed E-state index contributed by atoms with van der Waals surface area (Å²) in [4.78, 5) is 11.9. The Morgan fingerprint density at radius 2 is 2.12 bits per heavy atom. The van der Waals surface area contributed by atoms with Crippen molar-refractivity contribution in [3.8, 4) is 5.75 Å². The van der Waals surface area contributed by atoms with Crippen molar-refractivity contribution >= 4 is 5.78 Å². The highest BCUT2D eigenvalue weighted by atomic mass is 16.3. The number of piperidine rings is 1. The molecule has 0 radical (unpaired) electrons. The SMILES string of the molecule is O=C(Cc1ccc(O)cc1)C1CCCNC1. The quantitative estimate of drug-likeness (QED) is 0.810. The van der Waals surface area contributed by atoms with Gasteiger partial charge < -0.3 is 10.4 Å². The first-order valence-electron chi connectivity index (χ1n) is 5.77. The van der Waals surface area contributed by atoms with E-state index in [-0.39, 0.29) is 11.7 Å². The summed E-state index contributed by atoms with van der Waals surface area (Å²) in [5, 5.41) is 12.4. The Labute approximate surface area is 95.5 Å². The molecule has 1 aromatic carbocycles. The lowest BCUT2D eigenvalue weighted by Crippen LogP contribution is -2.35. The van der Waals surface area contributed by atoms with Gasteiger partial charge in [-0.1, -0.05) is 12.1 Å². The lowest BCUT2D eigenvalue weighted by atomic mass is 9.91. The third-order valence-electron chi connectivity index (χ3n) is 3.07. The van der Waals surface area contributed by atoms with Crippen LogP contribution in [0.25, 0.3) is 0 Å². The number of Topliss-reactive ketones (excluding diaryl/α,β-unsaturated/α-hetero) is 1. The fourth-order valence-electron chi connectivity index (χ4n) is 2.09. The van der Waals surface area contributed by atoms with Gasteiger partial charge >= 0.3 is 0 Å². The third-order valence-corrected chi connectivity index (χ3v) is 3.07. The van der Waals surface area contributed by atoms with Gasteiger partial charge in [0.15, 0.2) is 0 Å². The van der Waals surface area contributed by atoms with Gasteiger partial charge in [-0.15, -0.1) is 0 Å². The molecule has 3 nitrogen and oxygen atoms in total. The molecule has 86 valence electrons. The van der Waals surface area contributed by atoms with E-state index >= 15 is 0 Å². The van der Waals surface area contributed by atoms with Gasteiger partial charge in [0.05, 0.1) is 0 Å². The average molecular weight is 219 g/mol. The maximum atomic E-state index is 11.9. The molecule has 1 atom stereocenters. The molecule has 0 aliphatic carbocycles. The summed E-state index contributed by atoms with van der Waals surface area (Å²) in [6.45, 7) is 1.85. The van der Waals surface area contributed by atoms with Crippen molar-refractivity contribution in [3.63, 3.8) is 0 Å². The number of hydrogen-bond acceptors (Lipinski definition) is 3. The van der Waals surface area contributed by atoms with Crippen molar-refractivity contribution in [1.82, 2.24) is 5.32 Å². The molecule has 1 fully saturated rings. The van der Waals surface area contributed by atoms with E-state index in [1.165, 1.54) is 0 Å². The van der Waals surface area contributed by atoms with E-state index in [1.54, 1.807) is 12.1 Å². The van der Waals surface area contributed by atoms with Crippen LogP contribution < -0.4 is 5.32 Å². The first kappa shape index (κ1) is 11.1. The Bertz CT molecular complexity index is 353. The van der Waals surface area contributed by atoms with Crippen LogP contribution in [0.1, 0.15) is 18.4 Å². The fourth-order valence-corrected chi connectivity index (χ4v) is 2.09. The van der Waals surface area contributed by atoms with Gasteiger partial charge in [0, 0.05) is 18.9 Å². The summed E-state index contributed by atoms with van der Waals surface area (Å²) in [6, 6.07) is 6.87. The molecule has 0 bridgehead atoms. The molecule has 1 aliphatic rings. The first-order chi connectivity index (χ1) is 7.75. The zero-order valence-corrected chi connectivity index (χ0v) is 9.28. The van der Waals surface area contributed by atoms with E-state index in [0.717, 1.165) is 31.5 Å². The van der Waals surface area contributed by atoms with Crippen molar-refractivity contribution in [2.75, 3.05) is 13.1 Å². The maximum absolute atomic E-state index is 11.9. The van der Waals surface area contributed by atoms with Crippen LogP contribution in [0.4, 0.5) is 0 Å². The van der Waals surface area contributed by atoms with Crippen molar-refractivity contribution in [3.05, 3.63) is 29.8 Å². The first-order valence-corrected chi connectivity index (χ1v) is 5.77. The van der Waals surface area contributed by atoms with E-state index in [9.17, 15) is 4.79 Å². The summed E-state index contributed by atoms with van der Waals surface area (Å²) in [6.07, 6.45) is 2.57. The molecule has 2 N–H and O–H groups in total. The molecule has 1 saturated heterocycles. The standard InChI is InChI=1S/C13H17NO2/c15-12-5-3-10(4-6-12)8-13(16)11-2-1-7-14-9-11/h3-6,11,14-15H,1-2,7-9H2. The molecule has 1 heterocycles. The van der Waals surface area contributed by atoms with Crippen LogP contribution in [-0.4, -0.2) is 24.0 Å². The molecule has 1 aromatic rings. The van der Waals surface area contributed by atoms with E-state index in [0.29, 0.717) is 12.2 Å². The van der Waals surface area contributed by atoms with Gasteiger partial charge in [-0.3, -0.25) is 4.79 Å². The minimum atomic E-state index is 0.169. The number of benzene rings is 1. The van der Waals surface area contributed by atoms with Crippen molar-refractivity contribution in [1.29, 1.82) is 0 Å². The molecule has 1 aliphatic heterocycles. The van der Waals surface area contributed by atoms with Crippen LogP contribution >= 0.6 is 0 Å². The lowest BCUT2D eigenvalue weighted by Gasteiger charge is -2.21. The highest BCUT2D eigenvalue weighted by Gasteiger charge is 2.20. The smallest absolute Gasteiger partial charge is 0.141 e. The Morgan fingerprint density at radius 3 is 2.75 bits per heavy atom. The Kier molecular flexibility index (Phi) is 3.57. The molecule has 0 saturated carbocycles. The number of ketones is 1. The van der Waals surface area contributed by atoms with Crippen LogP contribution in [0.5, 0.6) is 5.75 Å². The Balaban J connectivity index is 1.93. The second kappa shape index (κ2) is 5.12. The van der Waals surface area contributed by atoms with E-state index in [4.69, 9.17) is 5.11 Å². The van der Waals surface area contributed by atoms with Crippen molar-refractivity contribution in [2.24, 2.45) is 5.92 Å². The molecule has 0 aromatic heterocycles. The minimum absolute atomic E-state index is 0.169. The normalized spacial score (nSPS) is 20.6. The lowest BCUT2D eigenvalue weighted by molar-refractivity contribution is -0.122. The number of aromatic hydroxyl groups is 1. The molecule has 1 unspecified atom stereocenters. The fraction of sp³-hybridized carbons (Fsp3) is 0.462. The van der Waals surface area contributed by atoms with Gasteiger partial charge in [0.2, 0.25) is 0 Å². The third kappa shape index (κ3) is 2.83. The van der Waals surface area contributed by atoms with Crippen molar-refractivity contribution in [2.45, 2.75) is 19.3 Å². The van der Waals surface area contributed by atoms with Gasteiger partial charge in [-0.05, 0) is 37.1 Å². The Morgan fingerprint density at radius 1 is 1.38 bits per heavy atom. The number of carbonyl (C=O) groups is 1. The van der Waals surface area contributed by atoms with Crippen LogP contribution in [0.2, 0.25) is 0 Å². The Hall–Kier alpha value is -1.35. The molecule has 2 rings (SSSR count). The summed E-state index contributed by atoms with van der Waals surface area (Å²) < 4.78 is 0. The molecular weight excluding hydrogens is 202 g/mol. The molecule has 0 amide bonds. The second-order valence-corrected chi connectivity index (χ2v) is 4.35. The second-order valence-electron chi connectivity index (χ2n) is 4.35. The summed E-state index contributed by atoms with van der Waals surface area (Å²) in [7, 11) is 0. The maximum Gasteiger partial charge on any atom is 0.141 e. The van der Waals surface area contributed by atoms with Crippen LogP contribution in [0.15, 0.2) is 24.3 Å². The molecule has 16 heavy (non-hydrogen) atoms.